The van der Waals surface area contributed by atoms with Crippen molar-refractivity contribution < 1.29 is 0 Å². The van der Waals surface area contributed by atoms with Crippen LogP contribution in [0.2, 0.25) is 25.2 Å². The molecule has 7 heavy (non-hydrogen) atoms. The van der Waals surface area contributed by atoms with E-state index in [9.17, 15) is 0 Å². The van der Waals surface area contributed by atoms with Crippen LogP contribution in [0.25, 0.3) is 0 Å². The van der Waals surface area contributed by atoms with Gasteiger partial charge in [0.05, 0.1) is 0 Å². The van der Waals surface area contributed by atoms with Gasteiger partial charge in [-0.05, 0) is 6.04 Å². The van der Waals surface area contributed by atoms with E-state index in [1.54, 1.807) is 0 Å². The summed E-state index contributed by atoms with van der Waals surface area (Å²) in [6.45, 7) is 4.54. The monoisotopic (exact) mass is 152 g/mol. The van der Waals surface area contributed by atoms with Gasteiger partial charge in [-0.15, -0.1) is 0 Å². The Morgan fingerprint density at radius 1 is 1.71 bits per heavy atom. The Morgan fingerprint density at radius 3 is 2.43 bits per heavy atom. The molecule has 0 amide bonds. The highest BCUT2D eigenvalue weighted by Gasteiger charge is 1.94. The minimum absolute atomic E-state index is 0.321. The van der Waals surface area contributed by atoms with Gasteiger partial charge in [0.1, 0.15) is 8.11 Å². The normalized spacial score (nSPS) is 15.9. The summed E-state index contributed by atoms with van der Waals surface area (Å²) in [6, 6.07) is 2.83. The highest BCUT2D eigenvalue weighted by atomic mass is 35.6. The van der Waals surface area contributed by atoms with Gasteiger partial charge < -0.3 is 0 Å². The molecule has 0 fully saturated rings. The quantitative estimate of drug-likeness (QED) is 0.422. The average molecular weight is 153 g/mol. The molecule has 0 aromatic carbocycles. The molecule has 1 atom stereocenters. The summed E-state index contributed by atoms with van der Waals surface area (Å²) in [6.07, 6.45) is 0. The minimum atomic E-state index is -0.681. The zero-order valence-electron chi connectivity index (χ0n) is 5.08. The summed E-state index contributed by atoms with van der Waals surface area (Å²) in [7, 11) is -0.360. The zero-order valence-corrected chi connectivity index (χ0v) is 8.40. The molecule has 0 saturated heterocycles. The number of hydrogen-bond donors (Lipinski definition) is 0. The molecule has 0 aliphatic rings. The Hall–Kier alpha value is 0.724. The third-order valence-corrected chi connectivity index (χ3v) is 4.75. The fourth-order valence-corrected chi connectivity index (χ4v) is 5.76. The van der Waals surface area contributed by atoms with Crippen LogP contribution < -0.4 is 0 Å². The van der Waals surface area contributed by atoms with Crippen molar-refractivity contribution in [1.82, 2.24) is 0 Å². The number of rotatable bonds is 3. The smallest absolute Gasteiger partial charge is 0.137 e. The van der Waals surface area contributed by atoms with Gasteiger partial charge in [0, 0.05) is 9.52 Å². The first kappa shape index (κ1) is 7.72. The van der Waals surface area contributed by atoms with Crippen LogP contribution in [0.5, 0.6) is 0 Å². The second-order valence-corrected chi connectivity index (χ2v) is 8.00. The largest absolute Gasteiger partial charge is 0.172 e. The van der Waals surface area contributed by atoms with E-state index in [-0.39, 0.29) is 0 Å². The molecule has 1 unspecified atom stereocenters. The van der Waals surface area contributed by atoms with Gasteiger partial charge in [-0.2, -0.15) is 11.1 Å². The molecular formula is C4H13ClSi2. The van der Waals surface area contributed by atoms with Crippen LogP contribution in [0.1, 0.15) is 0 Å². The van der Waals surface area contributed by atoms with Crippen molar-refractivity contribution in [2.45, 2.75) is 25.2 Å². The summed E-state index contributed by atoms with van der Waals surface area (Å²) >= 11 is 5.82. The van der Waals surface area contributed by atoms with E-state index in [0.717, 1.165) is 0 Å². The molecule has 0 saturated carbocycles. The first-order chi connectivity index (χ1) is 3.27. The van der Waals surface area contributed by atoms with Crippen molar-refractivity contribution in [2.24, 2.45) is 0 Å². The third-order valence-electron chi connectivity index (χ3n) is 0.955. The predicted molar refractivity (Wildman–Crippen MR) is 42.9 cm³/mol. The first-order valence-electron chi connectivity index (χ1n) is 2.91. The summed E-state index contributed by atoms with van der Waals surface area (Å²) in [5, 5.41) is 0. The van der Waals surface area contributed by atoms with Crippen molar-refractivity contribution in [3.8, 4) is 0 Å². The van der Waals surface area contributed by atoms with Crippen molar-refractivity contribution in [1.29, 1.82) is 0 Å². The average Bonchev–Trinajstić information content (AvgIpc) is 1.61. The van der Waals surface area contributed by atoms with Crippen LogP contribution in [0.3, 0.4) is 0 Å². The lowest BCUT2D eigenvalue weighted by atomic mass is 10.9. The first-order valence-corrected chi connectivity index (χ1v) is 9.04. The lowest BCUT2D eigenvalue weighted by Crippen LogP contribution is -1.95. The van der Waals surface area contributed by atoms with Crippen LogP contribution in [0, 0.1) is 0 Å². The van der Waals surface area contributed by atoms with Crippen LogP contribution >= 0.6 is 11.1 Å². The highest BCUT2D eigenvalue weighted by molar-refractivity contribution is 7.06. The molecule has 0 heterocycles. The van der Waals surface area contributed by atoms with Crippen LogP contribution in [0.4, 0.5) is 0 Å². The Balaban J connectivity index is 2.68. The molecule has 3 heteroatoms. The van der Waals surface area contributed by atoms with E-state index in [1.165, 1.54) is 12.1 Å². The molecule has 0 radical (unpaired) electrons. The fourth-order valence-electron chi connectivity index (χ4n) is 0.485. The van der Waals surface area contributed by atoms with Gasteiger partial charge in [-0.25, -0.2) is 0 Å². The molecule has 0 nitrogen and oxygen atoms in total. The molecule has 0 aromatic heterocycles. The predicted octanol–water partition coefficient (Wildman–Crippen LogP) is 1.21. The molecule has 0 bridgehead atoms. The number of halogens is 1. The molecule has 0 aliphatic carbocycles. The maximum atomic E-state index is 5.82. The van der Waals surface area contributed by atoms with E-state index in [1.807, 2.05) is 0 Å². The van der Waals surface area contributed by atoms with Gasteiger partial charge in [0.2, 0.25) is 0 Å². The maximum Gasteiger partial charge on any atom is 0.137 e. The molecule has 44 valence electrons. The van der Waals surface area contributed by atoms with Crippen molar-refractivity contribution in [2.75, 3.05) is 0 Å². The van der Waals surface area contributed by atoms with E-state index in [4.69, 9.17) is 11.1 Å². The fraction of sp³-hybridized carbons (Fsp3) is 1.00. The zero-order chi connectivity index (χ0) is 5.70. The maximum absolute atomic E-state index is 5.82. The van der Waals surface area contributed by atoms with Gasteiger partial charge in [-0.3, -0.25) is 0 Å². The van der Waals surface area contributed by atoms with Crippen LogP contribution in [-0.4, -0.2) is 17.6 Å². The van der Waals surface area contributed by atoms with Crippen molar-refractivity contribution in [3.63, 3.8) is 0 Å². The second kappa shape index (κ2) is 4.87. The van der Waals surface area contributed by atoms with Crippen molar-refractivity contribution in [3.05, 3.63) is 0 Å². The van der Waals surface area contributed by atoms with E-state index in [2.05, 4.69) is 13.1 Å². The second-order valence-electron chi connectivity index (χ2n) is 1.92. The van der Waals surface area contributed by atoms with E-state index >= 15 is 0 Å². The van der Waals surface area contributed by atoms with Gasteiger partial charge >= 0.3 is 0 Å². The number of hydrogen-bond acceptors (Lipinski definition) is 0. The van der Waals surface area contributed by atoms with Gasteiger partial charge in [-0.1, -0.05) is 19.1 Å². The third kappa shape index (κ3) is 6.72. The lowest BCUT2D eigenvalue weighted by Gasteiger charge is -1.93. The molecule has 0 spiro atoms. The molecular weight excluding hydrogens is 140 g/mol. The molecule has 0 N–H and O–H groups in total. The molecule has 0 aromatic rings. The SMILES string of the molecule is C[SiH2]CC[SiH](C)Cl. The van der Waals surface area contributed by atoms with E-state index in [0.29, 0.717) is 9.52 Å². The topological polar surface area (TPSA) is 0 Å². The van der Waals surface area contributed by atoms with Gasteiger partial charge in [0.15, 0.2) is 0 Å². The Kier molecular flexibility index (Phi) is 5.38. The summed E-state index contributed by atoms with van der Waals surface area (Å²) in [5.74, 6) is 0. The minimum Gasteiger partial charge on any atom is -0.172 e. The standard InChI is InChI=1S/C4H13ClSi2/c1-6-3-4-7(2)5/h7H,3-4,6H2,1-2H3. The van der Waals surface area contributed by atoms with E-state index < -0.39 is 8.11 Å². The van der Waals surface area contributed by atoms with Crippen LogP contribution in [-0.2, 0) is 0 Å². The van der Waals surface area contributed by atoms with Crippen LogP contribution in [0.15, 0.2) is 0 Å². The van der Waals surface area contributed by atoms with Gasteiger partial charge in [0.25, 0.3) is 0 Å². The Bertz CT molecular complexity index is 38.7. The van der Waals surface area contributed by atoms with Crippen molar-refractivity contribution >= 4 is 28.7 Å². The summed E-state index contributed by atoms with van der Waals surface area (Å²) in [5.41, 5.74) is 0. The summed E-state index contributed by atoms with van der Waals surface area (Å²) < 4.78 is 0. The molecule has 0 aliphatic heterocycles. The summed E-state index contributed by atoms with van der Waals surface area (Å²) in [4.78, 5) is 0. The lowest BCUT2D eigenvalue weighted by molar-refractivity contribution is 1.40. The Morgan fingerprint density at radius 2 is 2.29 bits per heavy atom. The highest BCUT2D eigenvalue weighted by Crippen LogP contribution is 1.99. The molecule has 0 rings (SSSR count). The Labute approximate surface area is 54.4 Å².